The number of ether oxygens (including phenoxy) is 1. The van der Waals surface area contributed by atoms with E-state index < -0.39 is 9.84 Å². The third-order valence-electron chi connectivity index (χ3n) is 3.47. The van der Waals surface area contributed by atoms with Crippen LogP contribution in [-0.4, -0.2) is 59.1 Å². The Hall–Kier alpha value is -1.11. The smallest absolute Gasteiger partial charge is 0.151 e. The summed E-state index contributed by atoms with van der Waals surface area (Å²) in [5.74, 6) is 1.21. The minimum Gasteiger partial charge on any atom is -0.497 e. The van der Waals surface area contributed by atoms with Gasteiger partial charge in [0, 0.05) is 24.9 Å². The van der Waals surface area contributed by atoms with Crippen molar-refractivity contribution in [1.29, 1.82) is 0 Å². The second-order valence-corrected chi connectivity index (χ2v) is 7.67. The molecule has 0 aromatic heterocycles. The zero-order valence-electron chi connectivity index (χ0n) is 13.3. The Morgan fingerprint density at radius 2 is 2.05 bits per heavy atom. The van der Waals surface area contributed by atoms with Crippen LogP contribution in [0.5, 0.6) is 5.75 Å². The molecular formula is C15H26N2O3S. The molecule has 0 fully saturated rings. The van der Waals surface area contributed by atoms with Gasteiger partial charge >= 0.3 is 0 Å². The van der Waals surface area contributed by atoms with E-state index in [9.17, 15) is 8.42 Å². The summed E-state index contributed by atoms with van der Waals surface area (Å²) in [6, 6.07) is 8.11. The third-order valence-corrected chi connectivity index (χ3v) is 5.18. The first-order valence-electron chi connectivity index (χ1n) is 7.11. The van der Waals surface area contributed by atoms with Crippen molar-refractivity contribution in [3.05, 3.63) is 29.8 Å². The van der Waals surface area contributed by atoms with Gasteiger partial charge in [0.25, 0.3) is 0 Å². The molecule has 0 aliphatic carbocycles. The highest BCUT2D eigenvalue weighted by atomic mass is 32.2. The first-order chi connectivity index (χ1) is 9.89. The molecule has 1 aromatic carbocycles. The fraction of sp³-hybridized carbons (Fsp3) is 0.600. The zero-order valence-corrected chi connectivity index (χ0v) is 14.1. The van der Waals surface area contributed by atoms with Crippen LogP contribution in [0.3, 0.4) is 0 Å². The first kappa shape index (κ1) is 17.9. The molecule has 0 aliphatic rings. The van der Waals surface area contributed by atoms with E-state index in [0.29, 0.717) is 13.1 Å². The van der Waals surface area contributed by atoms with Crippen LogP contribution in [0.25, 0.3) is 0 Å². The monoisotopic (exact) mass is 314 g/mol. The van der Waals surface area contributed by atoms with Crippen LogP contribution in [0.2, 0.25) is 0 Å². The number of rotatable bonds is 9. The SMILES string of the molecule is CCS(=O)(=O)CCNCC(c1cccc(OC)c1)N(C)C. The largest absolute Gasteiger partial charge is 0.497 e. The van der Waals surface area contributed by atoms with Gasteiger partial charge < -0.3 is 15.0 Å². The molecule has 1 rings (SSSR count). The van der Waals surface area contributed by atoms with Crippen LogP contribution in [-0.2, 0) is 9.84 Å². The average Bonchev–Trinajstić information content (AvgIpc) is 2.46. The average molecular weight is 314 g/mol. The van der Waals surface area contributed by atoms with Gasteiger partial charge in [0.1, 0.15) is 5.75 Å². The van der Waals surface area contributed by atoms with E-state index in [0.717, 1.165) is 11.3 Å². The standard InChI is InChI=1S/C15H26N2O3S/c1-5-21(18,19)10-9-16-12-15(17(2)3)13-7-6-8-14(11-13)20-4/h6-8,11,15-16H,5,9-10,12H2,1-4H3. The van der Waals surface area contributed by atoms with E-state index in [1.807, 2.05) is 32.3 Å². The van der Waals surface area contributed by atoms with Gasteiger partial charge in [0.2, 0.25) is 0 Å². The van der Waals surface area contributed by atoms with Gasteiger partial charge in [-0.2, -0.15) is 0 Å². The summed E-state index contributed by atoms with van der Waals surface area (Å²) in [5.41, 5.74) is 1.14. The van der Waals surface area contributed by atoms with E-state index in [2.05, 4.69) is 16.3 Å². The predicted molar refractivity (Wildman–Crippen MR) is 86.6 cm³/mol. The molecule has 1 unspecified atom stereocenters. The number of nitrogens with zero attached hydrogens (tertiary/aromatic N) is 1. The predicted octanol–water partition coefficient (Wildman–Crippen LogP) is 1.32. The molecule has 21 heavy (non-hydrogen) atoms. The van der Waals surface area contributed by atoms with Crippen molar-refractivity contribution < 1.29 is 13.2 Å². The van der Waals surface area contributed by atoms with E-state index in [1.165, 1.54) is 0 Å². The minimum atomic E-state index is -2.91. The summed E-state index contributed by atoms with van der Waals surface area (Å²) < 4.78 is 28.2. The molecule has 5 nitrogen and oxygen atoms in total. The number of hydrogen-bond donors (Lipinski definition) is 1. The number of methoxy groups -OCH3 is 1. The molecule has 0 amide bonds. The molecule has 0 aliphatic heterocycles. The number of nitrogens with one attached hydrogen (secondary N) is 1. The van der Waals surface area contributed by atoms with Crippen molar-refractivity contribution in [3.8, 4) is 5.75 Å². The summed E-state index contributed by atoms with van der Waals surface area (Å²) >= 11 is 0. The Balaban J connectivity index is 2.62. The molecule has 1 N–H and O–H groups in total. The van der Waals surface area contributed by atoms with Gasteiger partial charge in [0.15, 0.2) is 9.84 Å². The van der Waals surface area contributed by atoms with E-state index in [-0.39, 0.29) is 17.5 Å². The Morgan fingerprint density at radius 1 is 1.33 bits per heavy atom. The van der Waals surface area contributed by atoms with Gasteiger partial charge in [0.05, 0.1) is 12.9 Å². The summed E-state index contributed by atoms with van der Waals surface area (Å²) in [4.78, 5) is 2.11. The molecule has 6 heteroatoms. The highest BCUT2D eigenvalue weighted by Gasteiger charge is 2.15. The van der Waals surface area contributed by atoms with E-state index in [4.69, 9.17) is 4.74 Å². The van der Waals surface area contributed by atoms with E-state index >= 15 is 0 Å². The van der Waals surface area contributed by atoms with Crippen molar-refractivity contribution in [2.45, 2.75) is 13.0 Å². The lowest BCUT2D eigenvalue weighted by atomic mass is 10.1. The number of benzene rings is 1. The lowest BCUT2D eigenvalue weighted by molar-refractivity contribution is 0.289. The lowest BCUT2D eigenvalue weighted by Crippen LogP contribution is -2.33. The molecule has 0 bridgehead atoms. The van der Waals surface area contributed by atoms with Crippen LogP contribution in [0.1, 0.15) is 18.5 Å². The topological polar surface area (TPSA) is 58.6 Å². The van der Waals surface area contributed by atoms with Gasteiger partial charge in [-0.25, -0.2) is 8.42 Å². The van der Waals surface area contributed by atoms with Crippen LogP contribution >= 0.6 is 0 Å². The maximum Gasteiger partial charge on any atom is 0.151 e. The summed E-state index contributed by atoms with van der Waals surface area (Å²) in [7, 11) is 2.76. The van der Waals surface area contributed by atoms with Gasteiger partial charge in [-0.15, -0.1) is 0 Å². The van der Waals surface area contributed by atoms with Crippen molar-refractivity contribution >= 4 is 9.84 Å². The summed E-state index contributed by atoms with van der Waals surface area (Å²) in [6.45, 7) is 2.85. The fourth-order valence-corrected chi connectivity index (χ4v) is 2.80. The Bertz CT molecular complexity index is 529. The maximum absolute atomic E-state index is 11.5. The zero-order chi connectivity index (χ0) is 15.9. The van der Waals surface area contributed by atoms with Gasteiger partial charge in [-0.05, 0) is 31.8 Å². The molecule has 0 heterocycles. The van der Waals surface area contributed by atoms with Gasteiger partial charge in [-0.1, -0.05) is 19.1 Å². The first-order valence-corrected chi connectivity index (χ1v) is 8.93. The molecule has 0 spiro atoms. The molecule has 120 valence electrons. The minimum absolute atomic E-state index is 0.171. The Kier molecular flexibility index (Phi) is 7.14. The molecular weight excluding hydrogens is 288 g/mol. The van der Waals surface area contributed by atoms with Crippen molar-refractivity contribution in [2.75, 3.05) is 45.8 Å². The Labute approximate surface area is 128 Å². The quantitative estimate of drug-likeness (QED) is 0.697. The number of sulfone groups is 1. The normalized spacial score (nSPS) is 13.4. The summed E-state index contributed by atoms with van der Waals surface area (Å²) in [6.07, 6.45) is 0. The third kappa shape index (κ3) is 6.03. The Morgan fingerprint density at radius 3 is 2.62 bits per heavy atom. The van der Waals surface area contributed by atoms with E-state index in [1.54, 1.807) is 14.0 Å². The molecule has 1 aromatic rings. The molecule has 0 saturated carbocycles. The molecule has 0 saturated heterocycles. The molecule has 0 radical (unpaired) electrons. The lowest BCUT2D eigenvalue weighted by Gasteiger charge is -2.25. The molecule has 1 atom stereocenters. The second-order valence-electron chi connectivity index (χ2n) is 5.20. The van der Waals surface area contributed by atoms with Crippen LogP contribution < -0.4 is 10.1 Å². The number of hydrogen-bond acceptors (Lipinski definition) is 5. The number of likely N-dealkylation sites (N-methyl/N-ethyl adjacent to an activating group) is 1. The van der Waals surface area contributed by atoms with Crippen molar-refractivity contribution in [3.63, 3.8) is 0 Å². The van der Waals surface area contributed by atoms with Crippen LogP contribution in [0, 0.1) is 0 Å². The van der Waals surface area contributed by atoms with Crippen molar-refractivity contribution in [2.24, 2.45) is 0 Å². The summed E-state index contributed by atoms with van der Waals surface area (Å²) in [5, 5.41) is 3.23. The van der Waals surface area contributed by atoms with Gasteiger partial charge in [-0.3, -0.25) is 0 Å². The highest BCUT2D eigenvalue weighted by Crippen LogP contribution is 2.21. The van der Waals surface area contributed by atoms with Crippen molar-refractivity contribution in [1.82, 2.24) is 10.2 Å². The highest BCUT2D eigenvalue weighted by molar-refractivity contribution is 7.91. The van der Waals surface area contributed by atoms with Crippen LogP contribution in [0.15, 0.2) is 24.3 Å². The van der Waals surface area contributed by atoms with Crippen LogP contribution in [0.4, 0.5) is 0 Å². The maximum atomic E-state index is 11.5. The second kappa shape index (κ2) is 8.36. The fourth-order valence-electron chi connectivity index (χ4n) is 2.06.